The van der Waals surface area contributed by atoms with Gasteiger partial charge in [0.1, 0.15) is 5.75 Å². The van der Waals surface area contributed by atoms with Crippen molar-refractivity contribution < 1.29 is 4.74 Å². The fourth-order valence-electron chi connectivity index (χ4n) is 2.22. The van der Waals surface area contributed by atoms with Crippen LogP contribution in [-0.2, 0) is 6.42 Å². The van der Waals surface area contributed by atoms with Crippen LogP contribution in [0.1, 0.15) is 12.5 Å². The van der Waals surface area contributed by atoms with E-state index in [9.17, 15) is 0 Å². The van der Waals surface area contributed by atoms with Crippen LogP contribution in [0.25, 0.3) is 0 Å². The number of hydrogen-bond donors (Lipinski definition) is 1. The van der Waals surface area contributed by atoms with Crippen LogP contribution in [0, 0.1) is 5.92 Å². The smallest absolute Gasteiger partial charge is 0.142 e. The summed E-state index contributed by atoms with van der Waals surface area (Å²) in [5.74, 6) is 1.74. The van der Waals surface area contributed by atoms with Crippen LogP contribution in [0.2, 0.25) is 0 Å². The Hall–Kier alpha value is -1.22. The molecule has 0 bridgehead atoms. The van der Waals surface area contributed by atoms with Gasteiger partial charge in [0.05, 0.1) is 12.8 Å². The van der Waals surface area contributed by atoms with Gasteiger partial charge < -0.3 is 15.0 Å². The molecular weight excluding hydrogens is 212 g/mol. The van der Waals surface area contributed by atoms with Crippen molar-refractivity contribution in [3.05, 3.63) is 23.8 Å². The fourth-order valence-corrected chi connectivity index (χ4v) is 2.22. The van der Waals surface area contributed by atoms with Gasteiger partial charge in [0.15, 0.2) is 0 Å². The van der Waals surface area contributed by atoms with E-state index in [1.807, 2.05) is 0 Å². The van der Waals surface area contributed by atoms with Crippen molar-refractivity contribution >= 4 is 5.69 Å². The lowest BCUT2D eigenvalue weighted by atomic mass is 10.0. The van der Waals surface area contributed by atoms with Crippen LogP contribution in [0.4, 0.5) is 5.69 Å². The van der Waals surface area contributed by atoms with E-state index in [4.69, 9.17) is 4.74 Å². The molecule has 1 aromatic carbocycles. The third-order valence-corrected chi connectivity index (χ3v) is 3.46. The van der Waals surface area contributed by atoms with E-state index in [0.29, 0.717) is 0 Å². The Morgan fingerprint density at radius 2 is 2.18 bits per heavy atom. The molecule has 0 atom stereocenters. The number of hydrogen-bond acceptors (Lipinski definition) is 3. The fraction of sp³-hybridized carbons (Fsp3) is 0.571. The highest BCUT2D eigenvalue weighted by molar-refractivity contribution is 5.59. The summed E-state index contributed by atoms with van der Waals surface area (Å²) >= 11 is 0. The standard InChI is InChI=1S/C14H22N2O/c1-4-11-5-6-14(17-3)13(7-11)16(2)10-12-8-15-9-12/h5-7,12,15H,4,8-10H2,1-3H3. The lowest BCUT2D eigenvalue weighted by Gasteiger charge is -2.33. The summed E-state index contributed by atoms with van der Waals surface area (Å²) in [6.07, 6.45) is 1.07. The Bertz CT molecular complexity index is 374. The Morgan fingerprint density at radius 1 is 1.41 bits per heavy atom. The average molecular weight is 234 g/mol. The van der Waals surface area contributed by atoms with Gasteiger partial charge in [0, 0.05) is 32.6 Å². The molecule has 1 aliphatic heterocycles. The zero-order valence-electron chi connectivity index (χ0n) is 11.0. The normalized spacial score (nSPS) is 15.5. The van der Waals surface area contributed by atoms with Crippen molar-refractivity contribution in [2.24, 2.45) is 5.92 Å². The van der Waals surface area contributed by atoms with Crippen LogP contribution >= 0.6 is 0 Å². The van der Waals surface area contributed by atoms with Crippen molar-refractivity contribution in [3.63, 3.8) is 0 Å². The Labute approximate surface area is 104 Å². The number of methoxy groups -OCH3 is 1. The molecule has 0 aromatic heterocycles. The molecule has 0 spiro atoms. The van der Waals surface area contributed by atoms with Crippen LogP contribution in [0.15, 0.2) is 18.2 Å². The molecule has 1 aromatic rings. The lowest BCUT2D eigenvalue weighted by molar-refractivity contribution is 0.351. The predicted molar refractivity (Wildman–Crippen MR) is 72.0 cm³/mol. The summed E-state index contributed by atoms with van der Waals surface area (Å²) in [7, 11) is 3.89. The lowest BCUT2D eigenvalue weighted by Crippen LogP contribution is -2.47. The van der Waals surface area contributed by atoms with Gasteiger partial charge in [-0.05, 0) is 24.1 Å². The van der Waals surface area contributed by atoms with E-state index in [1.54, 1.807) is 7.11 Å². The first-order valence-electron chi connectivity index (χ1n) is 6.33. The molecule has 3 nitrogen and oxygen atoms in total. The van der Waals surface area contributed by atoms with Gasteiger partial charge in [-0.25, -0.2) is 0 Å². The van der Waals surface area contributed by atoms with Crippen LogP contribution in [-0.4, -0.2) is 33.8 Å². The second-order valence-corrected chi connectivity index (χ2v) is 4.76. The number of aryl methyl sites for hydroxylation is 1. The first-order chi connectivity index (χ1) is 8.24. The summed E-state index contributed by atoms with van der Waals surface area (Å²) in [5, 5.41) is 3.31. The van der Waals surface area contributed by atoms with Gasteiger partial charge in [-0.2, -0.15) is 0 Å². The Balaban J connectivity index is 2.15. The van der Waals surface area contributed by atoms with Crippen LogP contribution < -0.4 is 15.0 Å². The Morgan fingerprint density at radius 3 is 2.71 bits per heavy atom. The molecule has 0 amide bonds. The first-order valence-corrected chi connectivity index (χ1v) is 6.33. The van der Waals surface area contributed by atoms with Gasteiger partial charge in [-0.1, -0.05) is 13.0 Å². The molecule has 3 heteroatoms. The van der Waals surface area contributed by atoms with Gasteiger partial charge >= 0.3 is 0 Å². The highest BCUT2D eigenvalue weighted by Crippen LogP contribution is 2.29. The predicted octanol–water partition coefficient (Wildman–Crippen LogP) is 1.91. The summed E-state index contributed by atoms with van der Waals surface area (Å²) in [4.78, 5) is 2.31. The number of nitrogens with zero attached hydrogens (tertiary/aromatic N) is 1. The van der Waals surface area contributed by atoms with Crippen molar-refractivity contribution in [3.8, 4) is 5.75 Å². The third-order valence-electron chi connectivity index (χ3n) is 3.46. The van der Waals surface area contributed by atoms with Crippen LogP contribution in [0.5, 0.6) is 5.75 Å². The topological polar surface area (TPSA) is 24.5 Å². The molecule has 94 valence electrons. The monoisotopic (exact) mass is 234 g/mol. The number of anilines is 1. The quantitative estimate of drug-likeness (QED) is 0.842. The second kappa shape index (κ2) is 5.41. The molecule has 1 N–H and O–H groups in total. The molecule has 0 radical (unpaired) electrons. The molecule has 2 rings (SSSR count). The SMILES string of the molecule is CCc1ccc(OC)c(N(C)CC2CNC2)c1. The maximum atomic E-state index is 5.44. The molecule has 0 unspecified atom stereocenters. The number of ether oxygens (including phenoxy) is 1. The maximum Gasteiger partial charge on any atom is 0.142 e. The van der Waals surface area contributed by atoms with E-state index in [-0.39, 0.29) is 0 Å². The summed E-state index contributed by atoms with van der Waals surface area (Å²) < 4.78 is 5.44. The van der Waals surface area contributed by atoms with Crippen molar-refractivity contribution in [2.45, 2.75) is 13.3 Å². The van der Waals surface area contributed by atoms with Gasteiger partial charge in [-0.3, -0.25) is 0 Å². The van der Waals surface area contributed by atoms with Crippen molar-refractivity contribution in [1.29, 1.82) is 0 Å². The minimum Gasteiger partial charge on any atom is -0.495 e. The minimum absolute atomic E-state index is 0.773. The second-order valence-electron chi connectivity index (χ2n) is 4.76. The van der Waals surface area contributed by atoms with Gasteiger partial charge in [-0.15, -0.1) is 0 Å². The molecule has 0 aliphatic carbocycles. The van der Waals surface area contributed by atoms with E-state index < -0.39 is 0 Å². The highest BCUT2D eigenvalue weighted by Gasteiger charge is 2.20. The molecule has 1 heterocycles. The largest absolute Gasteiger partial charge is 0.495 e. The molecule has 1 fully saturated rings. The molecule has 0 saturated carbocycles. The van der Waals surface area contributed by atoms with E-state index in [2.05, 4.69) is 42.4 Å². The first kappa shape index (κ1) is 12.2. The third kappa shape index (κ3) is 2.72. The van der Waals surface area contributed by atoms with Gasteiger partial charge in [0.2, 0.25) is 0 Å². The van der Waals surface area contributed by atoms with E-state index in [1.165, 1.54) is 11.3 Å². The number of rotatable bonds is 5. The summed E-state index contributed by atoms with van der Waals surface area (Å²) in [6, 6.07) is 6.45. The van der Waals surface area contributed by atoms with E-state index >= 15 is 0 Å². The van der Waals surface area contributed by atoms with Crippen molar-refractivity contribution in [2.75, 3.05) is 38.7 Å². The van der Waals surface area contributed by atoms with Crippen molar-refractivity contribution in [1.82, 2.24) is 5.32 Å². The van der Waals surface area contributed by atoms with Gasteiger partial charge in [0.25, 0.3) is 0 Å². The molecule has 1 aliphatic rings. The zero-order chi connectivity index (χ0) is 12.3. The highest BCUT2D eigenvalue weighted by atomic mass is 16.5. The molecule has 1 saturated heterocycles. The minimum atomic E-state index is 0.773. The Kier molecular flexibility index (Phi) is 3.89. The number of benzene rings is 1. The maximum absolute atomic E-state index is 5.44. The average Bonchev–Trinajstić information content (AvgIpc) is 2.32. The summed E-state index contributed by atoms with van der Waals surface area (Å²) in [6.45, 7) is 5.55. The number of nitrogens with one attached hydrogen (secondary N) is 1. The summed E-state index contributed by atoms with van der Waals surface area (Å²) in [5.41, 5.74) is 2.57. The van der Waals surface area contributed by atoms with Crippen LogP contribution in [0.3, 0.4) is 0 Å². The molecular formula is C14H22N2O. The molecule has 17 heavy (non-hydrogen) atoms. The van der Waals surface area contributed by atoms with E-state index in [0.717, 1.165) is 37.7 Å². The zero-order valence-corrected chi connectivity index (χ0v) is 11.0.